The summed E-state index contributed by atoms with van der Waals surface area (Å²) in [6.45, 7) is 0.193. The Morgan fingerprint density at radius 1 is 1.21 bits per heavy atom. The van der Waals surface area contributed by atoms with Gasteiger partial charge in [0.15, 0.2) is 11.5 Å². The Hall–Kier alpha value is -1.43. The zero-order valence-electron chi connectivity index (χ0n) is 9.41. The van der Waals surface area contributed by atoms with Gasteiger partial charge < -0.3 is 14.8 Å². The van der Waals surface area contributed by atoms with Gasteiger partial charge in [0.05, 0.1) is 9.90 Å². The van der Waals surface area contributed by atoms with Crippen LogP contribution in [0.1, 0.15) is 10.4 Å². The maximum Gasteiger partial charge on any atom is 0.258 e. The molecule has 1 aromatic carbocycles. The highest BCUT2D eigenvalue weighted by Crippen LogP contribution is 2.35. The van der Waals surface area contributed by atoms with Crippen molar-refractivity contribution >= 4 is 46.1 Å². The Kier molecular flexibility index (Phi) is 3.26. The molecule has 7 heteroatoms. The number of nitrogens with one attached hydrogen (secondary N) is 1. The van der Waals surface area contributed by atoms with Crippen LogP contribution in [-0.2, 0) is 0 Å². The predicted octanol–water partition coefficient (Wildman–Crippen LogP) is 4.04. The van der Waals surface area contributed by atoms with Gasteiger partial charge in [-0.15, -0.1) is 11.3 Å². The molecule has 0 spiro atoms. The van der Waals surface area contributed by atoms with Crippen LogP contribution in [-0.4, -0.2) is 12.7 Å². The number of amides is 1. The summed E-state index contributed by atoms with van der Waals surface area (Å²) in [5.41, 5.74) is 0.960. The number of halogens is 2. The van der Waals surface area contributed by atoms with Gasteiger partial charge in [-0.25, -0.2) is 0 Å². The van der Waals surface area contributed by atoms with Gasteiger partial charge in [0.25, 0.3) is 5.91 Å². The van der Waals surface area contributed by atoms with Crippen molar-refractivity contribution in [2.75, 3.05) is 12.1 Å². The van der Waals surface area contributed by atoms with Crippen molar-refractivity contribution in [3.63, 3.8) is 0 Å². The Balaban J connectivity index is 1.81. The van der Waals surface area contributed by atoms with Crippen molar-refractivity contribution < 1.29 is 14.3 Å². The zero-order valence-corrected chi connectivity index (χ0v) is 11.7. The molecule has 1 aliphatic heterocycles. The van der Waals surface area contributed by atoms with Crippen LogP contribution in [0.3, 0.4) is 0 Å². The second-order valence-corrected chi connectivity index (χ2v) is 6.05. The number of anilines is 1. The Labute approximate surface area is 122 Å². The molecule has 98 valence electrons. The van der Waals surface area contributed by atoms with E-state index >= 15 is 0 Å². The number of hydrogen-bond donors (Lipinski definition) is 1. The molecule has 0 aliphatic carbocycles. The third-order valence-electron chi connectivity index (χ3n) is 2.53. The Bertz CT molecular complexity index is 656. The summed E-state index contributed by atoms with van der Waals surface area (Å²) >= 11 is 12.9. The lowest BCUT2D eigenvalue weighted by Crippen LogP contribution is -2.11. The number of ether oxygens (including phenoxy) is 2. The van der Waals surface area contributed by atoms with Crippen LogP contribution in [0.5, 0.6) is 11.5 Å². The van der Waals surface area contributed by atoms with Gasteiger partial charge >= 0.3 is 0 Å². The fourth-order valence-corrected chi connectivity index (χ4v) is 3.13. The molecule has 0 saturated carbocycles. The standard InChI is InChI=1S/C12H7Cl2NO3S/c13-10-4-7(11(14)19-10)12(16)15-6-1-2-8-9(3-6)18-5-17-8/h1-4H,5H2,(H,15,16). The predicted molar refractivity (Wildman–Crippen MR) is 74.9 cm³/mol. The van der Waals surface area contributed by atoms with Crippen LogP contribution >= 0.6 is 34.5 Å². The van der Waals surface area contributed by atoms with E-state index in [0.717, 1.165) is 11.3 Å². The monoisotopic (exact) mass is 315 g/mol. The lowest BCUT2D eigenvalue weighted by Gasteiger charge is -2.05. The molecule has 4 nitrogen and oxygen atoms in total. The first kappa shape index (κ1) is 12.6. The van der Waals surface area contributed by atoms with E-state index in [0.29, 0.717) is 31.4 Å². The molecule has 1 N–H and O–H groups in total. The van der Waals surface area contributed by atoms with Crippen LogP contribution in [0.25, 0.3) is 0 Å². The van der Waals surface area contributed by atoms with E-state index < -0.39 is 0 Å². The summed E-state index contributed by atoms with van der Waals surface area (Å²) in [4.78, 5) is 12.0. The number of carbonyl (C=O) groups is 1. The van der Waals surface area contributed by atoms with Gasteiger partial charge in [0, 0.05) is 11.8 Å². The molecule has 3 rings (SSSR count). The Morgan fingerprint density at radius 3 is 2.74 bits per heavy atom. The number of rotatable bonds is 2. The first-order valence-corrected chi connectivity index (χ1v) is 6.86. The van der Waals surface area contributed by atoms with E-state index in [9.17, 15) is 4.79 Å². The lowest BCUT2D eigenvalue weighted by molar-refractivity contribution is 0.102. The summed E-state index contributed by atoms with van der Waals surface area (Å²) in [6.07, 6.45) is 0. The summed E-state index contributed by atoms with van der Waals surface area (Å²) in [5.74, 6) is 0.953. The number of hydrogen-bond acceptors (Lipinski definition) is 4. The maximum absolute atomic E-state index is 12.0. The summed E-state index contributed by atoms with van der Waals surface area (Å²) in [7, 11) is 0. The molecular weight excluding hydrogens is 309 g/mol. The van der Waals surface area contributed by atoms with Crippen molar-refractivity contribution in [3.05, 3.63) is 38.5 Å². The average molecular weight is 316 g/mol. The zero-order chi connectivity index (χ0) is 13.4. The topological polar surface area (TPSA) is 47.6 Å². The molecule has 2 aromatic rings. The first-order valence-electron chi connectivity index (χ1n) is 5.29. The van der Waals surface area contributed by atoms with E-state index in [1.54, 1.807) is 18.2 Å². The molecule has 0 radical (unpaired) electrons. The molecule has 1 amide bonds. The molecule has 1 aliphatic rings. The molecule has 19 heavy (non-hydrogen) atoms. The minimum atomic E-state index is -0.313. The van der Waals surface area contributed by atoms with Crippen molar-refractivity contribution in [2.24, 2.45) is 0 Å². The first-order chi connectivity index (χ1) is 9.13. The van der Waals surface area contributed by atoms with E-state index in [1.807, 2.05) is 0 Å². The highest BCUT2D eigenvalue weighted by Gasteiger charge is 2.17. The molecule has 0 bridgehead atoms. The second-order valence-electron chi connectivity index (χ2n) is 3.76. The van der Waals surface area contributed by atoms with Crippen LogP contribution < -0.4 is 14.8 Å². The van der Waals surface area contributed by atoms with E-state index in [2.05, 4.69) is 5.32 Å². The second kappa shape index (κ2) is 4.92. The summed E-state index contributed by atoms with van der Waals surface area (Å²) in [5, 5.41) is 2.73. The number of fused-ring (bicyclic) bond motifs is 1. The Morgan fingerprint density at radius 2 is 2.00 bits per heavy atom. The third kappa shape index (κ3) is 2.49. The molecule has 0 fully saturated rings. The lowest BCUT2D eigenvalue weighted by atomic mass is 10.2. The molecule has 1 aromatic heterocycles. The number of thiophene rings is 1. The SMILES string of the molecule is O=C(Nc1ccc2c(c1)OCO2)c1cc(Cl)sc1Cl. The van der Waals surface area contributed by atoms with Crippen LogP contribution in [0.2, 0.25) is 8.67 Å². The van der Waals surface area contributed by atoms with Crippen LogP contribution in [0, 0.1) is 0 Å². The fraction of sp³-hybridized carbons (Fsp3) is 0.0833. The van der Waals surface area contributed by atoms with Gasteiger partial charge in [0.1, 0.15) is 4.34 Å². The van der Waals surface area contributed by atoms with E-state index in [1.165, 1.54) is 6.07 Å². The van der Waals surface area contributed by atoms with Crippen molar-refractivity contribution in [3.8, 4) is 11.5 Å². The van der Waals surface area contributed by atoms with Gasteiger partial charge in [-0.05, 0) is 18.2 Å². The minimum Gasteiger partial charge on any atom is -0.454 e. The van der Waals surface area contributed by atoms with Crippen molar-refractivity contribution in [1.82, 2.24) is 0 Å². The van der Waals surface area contributed by atoms with Crippen molar-refractivity contribution in [2.45, 2.75) is 0 Å². The third-order valence-corrected chi connectivity index (χ3v) is 4.02. The molecule has 0 unspecified atom stereocenters. The van der Waals surface area contributed by atoms with Crippen molar-refractivity contribution in [1.29, 1.82) is 0 Å². The number of carbonyl (C=O) groups excluding carboxylic acids is 1. The largest absolute Gasteiger partial charge is 0.454 e. The highest BCUT2D eigenvalue weighted by molar-refractivity contribution is 7.20. The van der Waals surface area contributed by atoms with Crippen LogP contribution in [0.15, 0.2) is 24.3 Å². The molecular formula is C12H7Cl2NO3S. The number of benzene rings is 1. The summed E-state index contributed by atoms with van der Waals surface area (Å²) < 4.78 is 11.3. The van der Waals surface area contributed by atoms with E-state index in [4.69, 9.17) is 32.7 Å². The average Bonchev–Trinajstić information content (AvgIpc) is 2.94. The van der Waals surface area contributed by atoms with Crippen LogP contribution in [0.4, 0.5) is 5.69 Å². The smallest absolute Gasteiger partial charge is 0.258 e. The minimum absolute atomic E-state index is 0.193. The fourth-order valence-electron chi connectivity index (χ4n) is 1.67. The highest BCUT2D eigenvalue weighted by atomic mass is 35.5. The summed E-state index contributed by atoms with van der Waals surface area (Å²) in [6, 6.07) is 6.70. The normalized spacial score (nSPS) is 12.5. The van der Waals surface area contributed by atoms with Gasteiger partial charge in [-0.2, -0.15) is 0 Å². The molecule has 0 saturated heterocycles. The molecule has 2 heterocycles. The van der Waals surface area contributed by atoms with E-state index in [-0.39, 0.29) is 12.7 Å². The maximum atomic E-state index is 12.0. The van der Waals surface area contributed by atoms with Gasteiger partial charge in [-0.3, -0.25) is 4.79 Å². The van der Waals surface area contributed by atoms with Gasteiger partial charge in [0.2, 0.25) is 6.79 Å². The quantitative estimate of drug-likeness (QED) is 0.910. The molecule has 0 atom stereocenters. The van der Waals surface area contributed by atoms with Gasteiger partial charge in [-0.1, -0.05) is 23.2 Å².